The van der Waals surface area contributed by atoms with Crippen molar-refractivity contribution in [3.63, 3.8) is 0 Å². The quantitative estimate of drug-likeness (QED) is 0.692. The Bertz CT molecular complexity index is 704. The van der Waals surface area contributed by atoms with E-state index in [1.807, 2.05) is 0 Å². The van der Waals surface area contributed by atoms with Gasteiger partial charge in [0, 0.05) is 13.7 Å². The average molecular weight is 418 g/mol. The molecule has 0 radical (unpaired) electrons. The molecule has 10 heteroatoms. The highest BCUT2D eigenvalue weighted by molar-refractivity contribution is 7.14. The molecule has 2 amide bonds. The molecule has 2 saturated heterocycles. The Balaban J connectivity index is 0.00000261. The van der Waals surface area contributed by atoms with E-state index in [0.717, 1.165) is 0 Å². The Morgan fingerprint density at radius 2 is 2.04 bits per heavy atom. The van der Waals surface area contributed by atoms with E-state index < -0.39 is 17.6 Å². The van der Waals surface area contributed by atoms with E-state index in [0.29, 0.717) is 49.5 Å². The van der Waals surface area contributed by atoms with Crippen LogP contribution >= 0.6 is 23.7 Å². The summed E-state index contributed by atoms with van der Waals surface area (Å²) < 4.78 is 10.3. The molecule has 3 heterocycles. The van der Waals surface area contributed by atoms with Crippen LogP contribution in [0.5, 0.6) is 0 Å². The Morgan fingerprint density at radius 1 is 1.33 bits per heavy atom. The fraction of sp³-hybridized carbons (Fsp3) is 0.588. The molecule has 8 nitrogen and oxygen atoms in total. The van der Waals surface area contributed by atoms with Gasteiger partial charge < -0.3 is 25.0 Å². The molecule has 2 aliphatic rings. The van der Waals surface area contributed by atoms with Gasteiger partial charge in [0.15, 0.2) is 0 Å². The number of hydrogen-bond acceptors (Lipinski definition) is 7. The molecule has 1 aromatic heterocycles. The van der Waals surface area contributed by atoms with Gasteiger partial charge in [0.1, 0.15) is 16.6 Å². The molecule has 0 bridgehead atoms. The molecule has 0 spiro atoms. The number of anilines is 1. The number of methoxy groups -OCH3 is 2. The molecule has 0 saturated carbocycles. The number of thiophene rings is 1. The number of carbonyl (C=O) groups excluding carboxylic acids is 3. The number of ether oxygens (including phenoxy) is 2. The van der Waals surface area contributed by atoms with Gasteiger partial charge in [-0.25, -0.2) is 4.79 Å². The summed E-state index contributed by atoms with van der Waals surface area (Å²) >= 11 is 1.31. The normalized spacial score (nSPS) is 21.5. The van der Waals surface area contributed by atoms with Gasteiger partial charge in [-0.15, -0.1) is 23.7 Å². The van der Waals surface area contributed by atoms with Crippen LogP contribution in [0.3, 0.4) is 0 Å². The van der Waals surface area contributed by atoms with Crippen molar-refractivity contribution in [2.75, 3.05) is 38.8 Å². The van der Waals surface area contributed by atoms with Crippen molar-refractivity contribution in [1.82, 2.24) is 10.6 Å². The fourth-order valence-corrected chi connectivity index (χ4v) is 4.36. The smallest absolute Gasteiger partial charge is 0.340 e. The molecular weight excluding hydrogens is 394 g/mol. The minimum absolute atomic E-state index is 0. The standard InChI is InChI=1S/C17H23N3O5S.ClH/c1-24-15(22)11-4-10-26-14(11)20-9-3-12(13(20)21)19-16(23)17(25-2)5-7-18-8-6-17;/h4,10,12,18H,3,5-9H2,1-2H3,(H,19,23);1H. The topological polar surface area (TPSA) is 97.0 Å². The van der Waals surface area contributed by atoms with Gasteiger partial charge in [-0.05, 0) is 43.8 Å². The summed E-state index contributed by atoms with van der Waals surface area (Å²) in [4.78, 5) is 39.0. The van der Waals surface area contributed by atoms with Gasteiger partial charge in [0.05, 0.1) is 12.7 Å². The molecule has 1 atom stereocenters. The maximum atomic E-state index is 12.8. The van der Waals surface area contributed by atoms with Crippen molar-refractivity contribution in [3.05, 3.63) is 17.0 Å². The Morgan fingerprint density at radius 3 is 2.67 bits per heavy atom. The van der Waals surface area contributed by atoms with Crippen molar-refractivity contribution >= 4 is 46.5 Å². The number of carbonyl (C=O) groups is 3. The lowest BCUT2D eigenvalue weighted by Crippen LogP contribution is -2.57. The third-order valence-corrected chi connectivity index (χ3v) is 5.96. The molecule has 27 heavy (non-hydrogen) atoms. The third-order valence-electron chi connectivity index (χ3n) is 5.02. The van der Waals surface area contributed by atoms with E-state index in [1.165, 1.54) is 25.6 Å². The largest absolute Gasteiger partial charge is 0.465 e. The third kappa shape index (κ3) is 4.11. The van der Waals surface area contributed by atoms with Gasteiger partial charge in [-0.3, -0.25) is 9.59 Å². The molecule has 0 aliphatic carbocycles. The van der Waals surface area contributed by atoms with Crippen LogP contribution in [-0.4, -0.2) is 63.3 Å². The molecule has 0 aromatic carbocycles. The molecule has 3 rings (SSSR count). The predicted octanol–water partition coefficient (Wildman–Crippen LogP) is 0.947. The second kappa shape index (κ2) is 9.01. The molecule has 1 unspecified atom stereocenters. The van der Waals surface area contributed by atoms with Crippen LogP contribution < -0.4 is 15.5 Å². The maximum Gasteiger partial charge on any atom is 0.340 e. The monoisotopic (exact) mass is 417 g/mol. The van der Waals surface area contributed by atoms with Gasteiger partial charge in [0.2, 0.25) is 5.91 Å². The van der Waals surface area contributed by atoms with Crippen LogP contribution in [0.25, 0.3) is 0 Å². The van der Waals surface area contributed by atoms with E-state index in [-0.39, 0.29) is 24.2 Å². The first kappa shape index (κ1) is 21.6. The summed E-state index contributed by atoms with van der Waals surface area (Å²) in [5.41, 5.74) is -0.525. The second-order valence-electron chi connectivity index (χ2n) is 6.38. The van der Waals surface area contributed by atoms with Crippen LogP contribution in [0.15, 0.2) is 11.4 Å². The summed E-state index contributed by atoms with van der Waals surface area (Å²) in [6.45, 7) is 1.84. The van der Waals surface area contributed by atoms with Crippen molar-refractivity contribution in [3.8, 4) is 0 Å². The summed E-state index contributed by atoms with van der Waals surface area (Å²) in [6, 6.07) is 1.02. The van der Waals surface area contributed by atoms with Crippen molar-refractivity contribution in [1.29, 1.82) is 0 Å². The van der Waals surface area contributed by atoms with Crippen molar-refractivity contribution in [2.24, 2.45) is 0 Å². The number of esters is 1. The van der Waals surface area contributed by atoms with E-state index in [2.05, 4.69) is 10.6 Å². The Labute approximate surface area is 168 Å². The maximum absolute atomic E-state index is 12.8. The van der Waals surface area contributed by atoms with Gasteiger partial charge in [-0.2, -0.15) is 0 Å². The number of amides is 2. The van der Waals surface area contributed by atoms with Gasteiger partial charge >= 0.3 is 5.97 Å². The molecule has 1 aromatic rings. The number of nitrogens with zero attached hydrogens (tertiary/aromatic N) is 1. The average Bonchev–Trinajstić information content (AvgIpc) is 3.28. The van der Waals surface area contributed by atoms with E-state index in [1.54, 1.807) is 16.3 Å². The summed E-state index contributed by atoms with van der Waals surface area (Å²) in [5.74, 6) is -0.943. The van der Waals surface area contributed by atoms with Gasteiger partial charge in [0.25, 0.3) is 5.91 Å². The number of rotatable bonds is 5. The van der Waals surface area contributed by atoms with Crippen molar-refractivity contribution < 1.29 is 23.9 Å². The molecule has 150 valence electrons. The SMILES string of the molecule is COC(=O)c1ccsc1N1CCC(NC(=O)C2(OC)CCNCC2)C1=O.Cl. The van der Waals surface area contributed by atoms with Crippen LogP contribution in [0.1, 0.15) is 29.6 Å². The molecule has 2 aliphatic heterocycles. The number of piperidine rings is 1. The first-order valence-electron chi connectivity index (χ1n) is 8.56. The first-order valence-corrected chi connectivity index (χ1v) is 9.44. The highest BCUT2D eigenvalue weighted by Crippen LogP contribution is 2.32. The number of hydrogen-bond donors (Lipinski definition) is 2. The zero-order valence-corrected chi connectivity index (χ0v) is 16.9. The van der Waals surface area contributed by atoms with E-state index >= 15 is 0 Å². The summed E-state index contributed by atoms with van der Waals surface area (Å²) in [7, 11) is 2.84. The summed E-state index contributed by atoms with van der Waals surface area (Å²) in [6.07, 6.45) is 1.62. The van der Waals surface area contributed by atoms with Gasteiger partial charge in [-0.1, -0.05) is 0 Å². The lowest BCUT2D eigenvalue weighted by molar-refractivity contribution is -0.148. The van der Waals surface area contributed by atoms with Crippen LogP contribution in [-0.2, 0) is 19.1 Å². The highest BCUT2D eigenvalue weighted by atomic mass is 35.5. The van der Waals surface area contributed by atoms with Crippen LogP contribution in [0, 0.1) is 0 Å². The first-order chi connectivity index (χ1) is 12.5. The van der Waals surface area contributed by atoms with Crippen molar-refractivity contribution in [2.45, 2.75) is 30.9 Å². The van der Waals surface area contributed by atoms with Crippen LogP contribution in [0.4, 0.5) is 5.00 Å². The van der Waals surface area contributed by atoms with E-state index in [4.69, 9.17) is 9.47 Å². The molecular formula is C17H24ClN3O5S. The zero-order valence-electron chi connectivity index (χ0n) is 15.3. The minimum atomic E-state index is -0.890. The highest BCUT2D eigenvalue weighted by Gasteiger charge is 2.43. The molecule has 2 N–H and O–H groups in total. The zero-order chi connectivity index (χ0) is 18.7. The summed E-state index contributed by atoms with van der Waals surface area (Å²) in [5, 5.41) is 8.35. The lowest BCUT2D eigenvalue weighted by Gasteiger charge is -2.35. The minimum Gasteiger partial charge on any atom is -0.465 e. The Hall–Kier alpha value is -1.68. The number of halogens is 1. The van der Waals surface area contributed by atoms with Crippen LogP contribution in [0.2, 0.25) is 0 Å². The van der Waals surface area contributed by atoms with E-state index in [9.17, 15) is 14.4 Å². The predicted molar refractivity (Wildman–Crippen MR) is 104 cm³/mol. The lowest BCUT2D eigenvalue weighted by atomic mass is 9.90. The Kier molecular flexibility index (Phi) is 7.21. The second-order valence-corrected chi connectivity index (χ2v) is 7.28. The fourth-order valence-electron chi connectivity index (χ4n) is 3.44. The number of nitrogens with one attached hydrogen (secondary N) is 2. The molecule has 2 fully saturated rings.